The van der Waals surface area contributed by atoms with Gasteiger partial charge in [-0.2, -0.15) is 0 Å². The number of pyridine rings is 1. The Bertz CT molecular complexity index is 785. The normalized spacial score (nSPS) is 11.6. The number of benzene rings is 2. The molecule has 0 aliphatic rings. The predicted molar refractivity (Wildman–Crippen MR) is 94.3 cm³/mol. The number of halogens is 1. The van der Waals surface area contributed by atoms with E-state index >= 15 is 0 Å². The van der Waals surface area contributed by atoms with Crippen LogP contribution in [0.25, 0.3) is 0 Å². The molecule has 2 amide bonds. The predicted octanol–water partition coefficient (Wildman–Crippen LogP) is 3.81. The monoisotopic (exact) mass is 335 g/mol. The van der Waals surface area contributed by atoms with E-state index in [1.165, 1.54) is 12.1 Å². The van der Waals surface area contributed by atoms with Crippen molar-refractivity contribution in [2.75, 3.05) is 0 Å². The van der Waals surface area contributed by atoms with E-state index in [9.17, 15) is 9.18 Å². The summed E-state index contributed by atoms with van der Waals surface area (Å²) >= 11 is 0. The van der Waals surface area contributed by atoms with Gasteiger partial charge in [-0.05, 0) is 41.0 Å². The highest BCUT2D eigenvalue weighted by molar-refractivity contribution is 5.75. The maximum absolute atomic E-state index is 13.2. The zero-order chi connectivity index (χ0) is 17.5. The van der Waals surface area contributed by atoms with Gasteiger partial charge in [-0.25, -0.2) is 9.18 Å². The number of hydrogen-bond acceptors (Lipinski definition) is 2. The van der Waals surface area contributed by atoms with E-state index in [0.29, 0.717) is 5.56 Å². The number of aromatic nitrogens is 1. The summed E-state index contributed by atoms with van der Waals surface area (Å²) in [6.07, 6.45) is 3.38. The largest absolute Gasteiger partial charge is 0.334 e. The fourth-order valence-corrected chi connectivity index (χ4v) is 2.57. The van der Waals surface area contributed by atoms with Crippen molar-refractivity contribution in [1.82, 2.24) is 15.6 Å². The first kappa shape index (κ1) is 16.6. The quantitative estimate of drug-likeness (QED) is 0.745. The Kier molecular flexibility index (Phi) is 5.36. The second-order valence-electron chi connectivity index (χ2n) is 5.58. The van der Waals surface area contributed by atoms with E-state index in [0.717, 1.165) is 11.1 Å². The van der Waals surface area contributed by atoms with Gasteiger partial charge in [0.1, 0.15) is 5.82 Å². The minimum absolute atomic E-state index is 0.251. The molecule has 0 saturated heterocycles. The van der Waals surface area contributed by atoms with E-state index < -0.39 is 0 Å². The summed E-state index contributed by atoms with van der Waals surface area (Å²) in [4.78, 5) is 16.3. The third kappa shape index (κ3) is 4.64. The molecule has 1 aromatic heterocycles. The summed E-state index contributed by atoms with van der Waals surface area (Å²) < 4.78 is 13.2. The van der Waals surface area contributed by atoms with Crippen molar-refractivity contribution < 1.29 is 9.18 Å². The van der Waals surface area contributed by atoms with Crippen LogP contribution in [0, 0.1) is 5.82 Å². The van der Waals surface area contributed by atoms with Gasteiger partial charge >= 0.3 is 6.03 Å². The van der Waals surface area contributed by atoms with Crippen molar-refractivity contribution >= 4 is 6.03 Å². The van der Waals surface area contributed by atoms with Gasteiger partial charge < -0.3 is 10.6 Å². The van der Waals surface area contributed by atoms with Gasteiger partial charge in [-0.1, -0.05) is 42.5 Å². The Morgan fingerprint density at radius 2 is 1.68 bits per heavy atom. The zero-order valence-electron chi connectivity index (χ0n) is 13.5. The minimum atomic E-state index is -0.324. The molecule has 0 aliphatic carbocycles. The van der Waals surface area contributed by atoms with Crippen LogP contribution >= 0.6 is 0 Å². The Morgan fingerprint density at radius 3 is 2.40 bits per heavy atom. The molecule has 2 aromatic carbocycles. The van der Waals surface area contributed by atoms with Crippen LogP contribution < -0.4 is 10.6 Å². The molecule has 4 nitrogen and oxygen atoms in total. The Labute approximate surface area is 145 Å². The van der Waals surface area contributed by atoms with Gasteiger partial charge in [0.15, 0.2) is 0 Å². The third-order valence-electron chi connectivity index (χ3n) is 3.79. The van der Waals surface area contributed by atoms with E-state index in [2.05, 4.69) is 15.6 Å². The second-order valence-corrected chi connectivity index (χ2v) is 5.58. The van der Waals surface area contributed by atoms with Gasteiger partial charge in [0, 0.05) is 18.9 Å². The molecule has 3 rings (SSSR count). The summed E-state index contributed by atoms with van der Waals surface area (Å²) in [6.45, 7) is 0.251. The first-order valence-electron chi connectivity index (χ1n) is 7.96. The molecule has 126 valence electrons. The van der Waals surface area contributed by atoms with Crippen LogP contribution in [-0.2, 0) is 6.54 Å². The molecule has 0 aliphatic heterocycles. The number of nitrogens with zero attached hydrogens (tertiary/aromatic N) is 1. The lowest BCUT2D eigenvalue weighted by atomic mass is 10.00. The third-order valence-corrected chi connectivity index (χ3v) is 3.79. The molecule has 0 spiro atoms. The molecule has 0 saturated carbocycles. The highest BCUT2D eigenvalue weighted by Crippen LogP contribution is 2.21. The van der Waals surface area contributed by atoms with Crippen LogP contribution in [0.1, 0.15) is 22.7 Å². The van der Waals surface area contributed by atoms with Gasteiger partial charge in [-0.3, -0.25) is 4.98 Å². The maximum Gasteiger partial charge on any atom is 0.315 e. The van der Waals surface area contributed by atoms with Crippen LogP contribution in [0.4, 0.5) is 9.18 Å². The summed E-state index contributed by atoms with van der Waals surface area (Å²) in [5.74, 6) is -0.321. The van der Waals surface area contributed by atoms with Crippen molar-refractivity contribution in [3.63, 3.8) is 0 Å². The van der Waals surface area contributed by atoms with E-state index in [4.69, 9.17) is 0 Å². The van der Waals surface area contributed by atoms with Crippen molar-refractivity contribution in [2.24, 2.45) is 0 Å². The molecular weight excluding hydrogens is 317 g/mol. The molecule has 25 heavy (non-hydrogen) atoms. The van der Waals surface area contributed by atoms with Crippen molar-refractivity contribution in [3.8, 4) is 0 Å². The second kappa shape index (κ2) is 8.06. The first-order chi connectivity index (χ1) is 12.2. The number of urea groups is 1. The van der Waals surface area contributed by atoms with Crippen molar-refractivity contribution in [1.29, 1.82) is 0 Å². The minimum Gasteiger partial charge on any atom is -0.334 e. The molecule has 0 fully saturated rings. The van der Waals surface area contributed by atoms with E-state index in [-0.39, 0.29) is 24.4 Å². The first-order valence-corrected chi connectivity index (χ1v) is 7.96. The zero-order valence-corrected chi connectivity index (χ0v) is 13.5. The van der Waals surface area contributed by atoms with Crippen LogP contribution in [0.5, 0.6) is 0 Å². The fourth-order valence-electron chi connectivity index (χ4n) is 2.57. The van der Waals surface area contributed by atoms with Gasteiger partial charge in [-0.15, -0.1) is 0 Å². The summed E-state index contributed by atoms with van der Waals surface area (Å²) in [7, 11) is 0. The highest BCUT2D eigenvalue weighted by Gasteiger charge is 2.16. The molecular formula is C20H18FN3O. The number of nitrogens with one attached hydrogen (secondary N) is 2. The molecule has 0 bridgehead atoms. The van der Waals surface area contributed by atoms with E-state index in [1.54, 1.807) is 24.5 Å². The number of hydrogen-bond donors (Lipinski definition) is 2. The van der Waals surface area contributed by atoms with Gasteiger partial charge in [0.05, 0.1) is 6.04 Å². The number of rotatable bonds is 5. The smallest absolute Gasteiger partial charge is 0.315 e. The average molecular weight is 335 g/mol. The molecule has 5 heteroatoms. The standard InChI is InChI=1S/C20H18FN3O/c21-18-8-4-5-15(13-18)14-23-20(25)24-19(16-6-2-1-3-7-16)17-9-11-22-12-10-17/h1-13,19H,14H2,(H2,23,24,25). The Balaban J connectivity index is 1.71. The number of carbonyl (C=O) groups excluding carboxylic acids is 1. The van der Waals surface area contributed by atoms with Crippen LogP contribution in [0.15, 0.2) is 79.1 Å². The molecule has 0 radical (unpaired) electrons. The number of carbonyl (C=O) groups is 1. The molecule has 3 aromatic rings. The summed E-state index contributed by atoms with van der Waals surface area (Å²) in [5, 5.41) is 5.73. The lowest BCUT2D eigenvalue weighted by Crippen LogP contribution is -2.38. The maximum atomic E-state index is 13.2. The van der Waals surface area contributed by atoms with Crippen LogP contribution in [0.3, 0.4) is 0 Å². The van der Waals surface area contributed by atoms with E-state index in [1.807, 2.05) is 42.5 Å². The SMILES string of the molecule is O=C(NCc1cccc(F)c1)NC(c1ccccc1)c1ccncc1. The van der Waals surface area contributed by atoms with Crippen molar-refractivity contribution in [2.45, 2.75) is 12.6 Å². The summed E-state index contributed by atoms with van der Waals surface area (Å²) in [6, 6.07) is 19.0. The number of amides is 2. The lowest BCUT2D eigenvalue weighted by Gasteiger charge is -2.20. The molecule has 2 N–H and O–H groups in total. The topological polar surface area (TPSA) is 54.0 Å². The molecule has 1 unspecified atom stereocenters. The van der Waals surface area contributed by atoms with Crippen LogP contribution in [-0.4, -0.2) is 11.0 Å². The van der Waals surface area contributed by atoms with Crippen LogP contribution in [0.2, 0.25) is 0 Å². The average Bonchev–Trinajstić information content (AvgIpc) is 2.66. The van der Waals surface area contributed by atoms with Gasteiger partial charge in [0.25, 0.3) is 0 Å². The fraction of sp³-hybridized carbons (Fsp3) is 0.100. The van der Waals surface area contributed by atoms with Crippen molar-refractivity contribution in [3.05, 3.63) is 102 Å². The highest BCUT2D eigenvalue weighted by atomic mass is 19.1. The lowest BCUT2D eigenvalue weighted by molar-refractivity contribution is 0.238. The molecule has 1 heterocycles. The summed E-state index contributed by atoms with van der Waals surface area (Å²) in [5.41, 5.74) is 2.60. The molecule has 1 atom stereocenters. The Hall–Kier alpha value is -3.21. The van der Waals surface area contributed by atoms with Gasteiger partial charge in [0.2, 0.25) is 0 Å². The Morgan fingerprint density at radius 1 is 0.960 bits per heavy atom.